The van der Waals surface area contributed by atoms with Crippen LogP contribution in [0.15, 0.2) is 11.8 Å². The molecule has 2 fully saturated rings. The molecule has 0 radical (unpaired) electrons. The summed E-state index contributed by atoms with van der Waals surface area (Å²) in [5.74, 6) is -1.29. The van der Waals surface area contributed by atoms with E-state index in [0.717, 1.165) is 12.8 Å². The molecule has 0 aromatic heterocycles. The zero-order valence-electron chi connectivity index (χ0n) is 21.7. The van der Waals surface area contributed by atoms with Gasteiger partial charge in [0.05, 0.1) is 37.9 Å². The Morgan fingerprint density at radius 3 is 2.49 bits per heavy atom. The molecule has 0 saturated carbocycles. The average Bonchev–Trinajstić information content (AvgIpc) is 3.14. The second kappa shape index (κ2) is 13.2. The molecular weight excluding hydrogens is 452 g/mol. The third-order valence-electron chi connectivity index (χ3n) is 7.40. The number of unbranched alkanes of at least 4 members (excludes halogenated alkanes) is 7. The van der Waals surface area contributed by atoms with Gasteiger partial charge in [0, 0.05) is 32.8 Å². The first-order valence-corrected chi connectivity index (χ1v) is 13.4. The summed E-state index contributed by atoms with van der Waals surface area (Å²) >= 11 is 0. The molecule has 1 aliphatic carbocycles. The Kier molecular flexibility index (Phi) is 10.6. The van der Waals surface area contributed by atoms with Crippen molar-refractivity contribution < 1.29 is 38.4 Å². The molecule has 0 bridgehead atoms. The maximum atomic E-state index is 12.4. The van der Waals surface area contributed by atoms with Crippen molar-refractivity contribution in [1.29, 1.82) is 0 Å². The molecule has 3 aliphatic rings. The zero-order chi connectivity index (χ0) is 25.3. The topological polar surface area (TPSA) is 101 Å². The molecule has 1 N–H and O–H groups in total. The lowest BCUT2D eigenvalue weighted by Crippen LogP contribution is -2.50. The maximum absolute atomic E-state index is 12.4. The molecule has 2 spiro atoms. The van der Waals surface area contributed by atoms with Gasteiger partial charge >= 0.3 is 5.97 Å². The Balaban J connectivity index is 1.46. The number of carbonyl (C=O) groups is 2. The summed E-state index contributed by atoms with van der Waals surface area (Å²) in [6, 6.07) is 0. The third kappa shape index (κ3) is 7.75. The Hall–Kier alpha value is -1.48. The molecule has 0 amide bonds. The van der Waals surface area contributed by atoms with E-state index in [1.54, 1.807) is 6.08 Å². The number of aliphatic hydroxyl groups excluding tert-OH is 1. The van der Waals surface area contributed by atoms with Crippen molar-refractivity contribution in [2.24, 2.45) is 0 Å². The van der Waals surface area contributed by atoms with Crippen LogP contribution in [0, 0.1) is 0 Å². The predicted octanol–water partition coefficient (Wildman–Crippen LogP) is 4.36. The van der Waals surface area contributed by atoms with Crippen LogP contribution in [0.3, 0.4) is 0 Å². The lowest BCUT2D eigenvalue weighted by Gasteiger charge is -2.42. The Morgan fingerprint density at radius 1 is 1.09 bits per heavy atom. The smallest absolute Gasteiger partial charge is 0.308 e. The number of ether oxygens (including phenoxy) is 5. The summed E-state index contributed by atoms with van der Waals surface area (Å²) in [6.07, 6.45) is 11.7. The molecule has 35 heavy (non-hydrogen) atoms. The maximum Gasteiger partial charge on any atom is 0.308 e. The average molecular weight is 497 g/mol. The van der Waals surface area contributed by atoms with E-state index in [1.807, 2.05) is 0 Å². The van der Waals surface area contributed by atoms with E-state index in [2.05, 4.69) is 6.92 Å². The van der Waals surface area contributed by atoms with Crippen molar-refractivity contribution in [3.63, 3.8) is 0 Å². The van der Waals surface area contributed by atoms with Crippen LogP contribution >= 0.6 is 0 Å². The van der Waals surface area contributed by atoms with Gasteiger partial charge in [-0.15, -0.1) is 0 Å². The Bertz CT molecular complexity index is 737. The predicted molar refractivity (Wildman–Crippen MR) is 130 cm³/mol. The van der Waals surface area contributed by atoms with Crippen LogP contribution in [0.5, 0.6) is 0 Å². The van der Waals surface area contributed by atoms with Crippen LogP contribution in [0.1, 0.15) is 96.8 Å². The number of rotatable bonds is 13. The fraction of sp³-hybridized carbons (Fsp3) is 0.852. The highest BCUT2D eigenvalue weighted by Crippen LogP contribution is 2.49. The van der Waals surface area contributed by atoms with Gasteiger partial charge in [-0.05, 0) is 18.9 Å². The number of Topliss-reactive ketones (excluding diaryl/α,β-unsaturated/α-hetero) is 1. The van der Waals surface area contributed by atoms with Gasteiger partial charge in [0.2, 0.25) is 5.78 Å². The second-order valence-electron chi connectivity index (χ2n) is 10.3. The van der Waals surface area contributed by atoms with Crippen molar-refractivity contribution in [2.75, 3.05) is 20.8 Å². The summed E-state index contributed by atoms with van der Waals surface area (Å²) in [7, 11) is 2.95. The number of methoxy groups -OCH3 is 2. The van der Waals surface area contributed by atoms with E-state index in [1.165, 1.54) is 52.7 Å². The lowest BCUT2D eigenvalue weighted by atomic mass is 9.84. The van der Waals surface area contributed by atoms with Crippen LogP contribution in [0.2, 0.25) is 0 Å². The lowest BCUT2D eigenvalue weighted by molar-refractivity contribution is -0.299. The van der Waals surface area contributed by atoms with Crippen LogP contribution < -0.4 is 0 Å². The standard InChI is InChI=1S/C27H44O8/c1-4-5-6-7-8-9-10-11-14-33-24(29)16-21-15-20(28)17-27(34-21)13-12-26(35-27)18-22(31-2)25(30)23(19-26)32-3/h18,20-21,23,28H,4-17,19H2,1-3H3/t20?,21?,23-,26-,27+/m1/s1. The van der Waals surface area contributed by atoms with Crippen LogP contribution in [0.25, 0.3) is 0 Å². The Labute approximate surface area is 209 Å². The van der Waals surface area contributed by atoms with Gasteiger partial charge in [-0.2, -0.15) is 0 Å². The first-order valence-electron chi connectivity index (χ1n) is 13.4. The monoisotopic (exact) mass is 496 g/mol. The molecule has 8 heteroatoms. The summed E-state index contributed by atoms with van der Waals surface area (Å²) in [5, 5.41) is 10.6. The quantitative estimate of drug-likeness (QED) is 0.296. The minimum Gasteiger partial charge on any atom is -0.493 e. The fourth-order valence-electron chi connectivity index (χ4n) is 5.57. The Morgan fingerprint density at radius 2 is 1.80 bits per heavy atom. The SMILES string of the molecule is CCCCCCCCCCOC(=O)CC1CC(O)C[C@@]2(CC[C@]3(C=C(OC)C(=O)[C@H](OC)C3)O2)O1. The van der Waals surface area contributed by atoms with Crippen molar-refractivity contribution in [3.05, 3.63) is 11.8 Å². The molecule has 0 aromatic rings. The van der Waals surface area contributed by atoms with E-state index < -0.39 is 29.7 Å². The molecule has 3 rings (SSSR count). The van der Waals surface area contributed by atoms with Gasteiger partial charge in [-0.25, -0.2) is 0 Å². The zero-order valence-corrected chi connectivity index (χ0v) is 21.7. The summed E-state index contributed by atoms with van der Waals surface area (Å²) in [5.41, 5.74) is -0.765. The molecule has 2 heterocycles. The minimum atomic E-state index is -1.01. The van der Waals surface area contributed by atoms with Gasteiger partial charge in [0.1, 0.15) is 6.10 Å². The fourth-order valence-corrected chi connectivity index (χ4v) is 5.57. The second-order valence-corrected chi connectivity index (χ2v) is 10.3. The first kappa shape index (κ1) is 28.1. The number of carbonyl (C=O) groups excluding carboxylic acids is 2. The van der Waals surface area contributed by atoms with Gasteiger partial charge < -0.3 is 28.8 Å². The van der Waals surface area contributed by atoms with Crippen molar-refractivity contribution in [2.45, 2.75) is 127 Å². The minimum absolute atomic E-state index is 0.0878. The molecule has 0 aromatic carbocycles. The largest absolute Gasteiger partial charge is 0.493 e. The number of hydrogen-bond donors (Lipinski definition) is 1. The molecule has 5 atom stereocenters. The molecule has 2 saturated heterocycles. The number of ketones is 1. The normalized spacial score (nSPS) is 32.7. The van der Waals surface area contributed by atoms with E-state index in [9.17, 15) is 14.7 Å². The molecule has 2 unspecified atom stereocenters. The van der Waals surface area contributed by atoms with Gasteiger partial charge in [0.25, 0.3) is 0 Å². The van der Waals surface area contributed by atoms with Crippen molar-refractivity contribution >= 4 is 11.8 Å². The van der Waals surface area contributed by atoms with Gasteiger partial charge in [-0.3, -0.25) is 9.59 Å². The van der Waals surface area contributed by atoms with Gasteiger partial charge in [0.15, 0.2) is 11.5 Å². The molecule has 2 aliphatic heterocycles. The van der Waals surface area contributed by atoms with Crippen LogP contribution in [-0.4, -0.2) is 67.4 Å². The van der Waals surface area contributed by atoms with E-state index >= 15 is 0 Å². The number of aliphatic hydroxyl groups is 1. The summed E-state index contributed by atoms with van der Waals surface area (Å²) in [4.78, 5) is 24.8. The molecular formula is C27H44O8. The van der Waals surface area contributed by atoms with Crippen molar-refractivity contribution in [1.82, 2.24) is 0 Å². The van der Waals surface area contributed by atoms with Gasteiger partial charge in [-0.1, -0.05) is 51.9 Å². The van der Waals surface area contributed by atoms with E-state index in [4.69, 9.17) is 23.7 Å². The van der Waals surface area contributed by atoms with E-state index in [-0.39, 0.29) is 23.9 Å². The highest BCUT2D eigenvalue weighted by molar-refractivity contribution is 5.98. The number of hydrogen-bond acceptors (Lipinski definition) is 8. The highest BCUT2D eigenvalue weighted by Gasteiger charge is 2.56. The summed E-state index contributed by atoms with van der Waals surface area (Å²) < 4.78 is 28.8. The highest BCUT2D eigenvalue weighted by atomic mass is 16.7. The van der Waals surface area contributed by atoms with Crippen molar-refractivity contribution in [3.8, 4) is 0 Å². The molecule has 200 valence electrons. The first-order chi connectivity index (χ1) is 16.8. The molecule has 8 nitrogen and oxygen atoms in total. The van der Waals surface area contributed by atoms with Crippen LogP contribution in [0.4, 0.5) is 0 Å². The van der Waals surface area contributed by atoms with Crippen LogP contribution in [-0.2, 0) is 33.3 Å². The third-order valence-corrected chi connectivity index (χ3v) is 7.40. The van der Waals surface area contributed by atoms with E-state index in [0.29, 0.717) is 38.7 Å². The number of esters is 1. The summed E-state index contributed by atoms with van der Waals surface area (Å²) in [6.45, 7) is 2.64.